The van der Waals surface area contributed by atoms with Crippen LogP contribution in [0.1, 0.15) is 24.5 Å². The number of benzene rings is 2. The smallest absolute Gasteiger partial charge is 0.319 e. The molecule has 5 heteroatoms. The summed E-state index contributed by atoms with van der Waals surface area (Å²) in [4.78, 5) is 12.0. The number of anilines is 1. The molecule has 0 aliphatic rings. The molecule has 0 radical (unpaired) electrons. The highest BCUT2D eigenvalue weighted by Gasteiger charge is 2.11. The van der Waals surface area contributed by atoms with Crippen LogP contribution < -0.4 is 15.4 Å². The van der Waals surface area contributed by atoms with E-state index in [2.05, 4.69) is 22.8 Å². The van der Waals surface area contributed by atoms with Crippen LogP contribution in [0.25, 0.3) is 0 Å². The third kappa shape index (κ3) is 4.99. The maximum absolute atomic E-state index is 12.0. The first-order valence-corrected chi connectivity index (χ1v) is 8.05. The van der Waals surface area contributed by atoms with Gasteiger partial charge < -0.3 is 20.5 Å². The molecule has 1 atom stereocenters. The lowest BCUT2D eigenvalue weighted by molar-refractivity contribution is 0.222. The lowest BCUT2D eigenvalue weighted by atomic mass is 10.0. The van der Waals surface area contributed by atoms with E-state index in [4.69, 9.17) is 9.84 Å². The zero-order valence-electron chi connectivity index (χ0n) is 14.1. The number of rotatable bonds is 7. The zero-order valence-corrected chi connectivity index (χ0v) is 14.1. The average Bonchev–Trinajstić information content (AvgIpc) is 2.61. The Labute approximate surface area is 142 Å². The summed E-state index contributed by atoms with van der Waals surface area (Å²) in [6, 6.07) is 15.1. The Bertz CT molecular complexity index is 655. The van der Waals surface area contributed by atoms with Crippen LogP contribution in [0.15, 0.2) is 48.5 Å². The predicted octanol–water partition coefficient (Wildman–Crippen LogP) is 3.18. The minimum atomic E-state index is -0.327. The fraction of sp³-hybridized carbons (Fsp3) is 0.316. The van der Waals surface area contributed by atoms with Crippen LogP contribution in [0.3, 0.4) is 0 Å². The summed E-state index contributed by atoms with van der Waals surface area (Å²) >= 11 is 0. The van der Waals surface area contributed by atoms with E-state index in [1.807, 2.05) is 37.3 Å². The van der Waals surface area contributed by atoms with E-state index in [0.29, 0.717) is 12.1 Å². The lowest BCUT2D eigenvalue weighted by Gasteiger charge is -2.16. The SMILES string of the molecule is CCC(CO)NC(=O)Nc1ccc(OC)c(Cc2ccccc2)c1. The third-order valence-corrected chi connectivity index (χ3v) is 3.82. The molecule has 0 aliphatic heterocycles. The number of urea groups is 1. The normalized spacial score (nSPS) is 11.6. The van der Waals surface area contributed by atoms with Crippen molar-refractivity contribution >= 4 is 11.7 Å². The Morgan fingerprint density at radius 3 is 2.58 bits per heavy atom. The van der Waals surface area contributed by atoms with Gasteiger partial charge in [-0.1, -0.05) is 37.3 Å². The molecule has 128 valence electrons. The Hall–Kier alpha value is -2.53. The van der Waals surface area contributed by atoms with Gasteiger partial charge in [0.1, 0.15) is 5.75 Å². The number of carbonyl (C=O) groups excluding carboxylic acids is 1. The summed E-state index contributed by atoms with van der Waals surface area (Å²) in [5.41, 5.74) is 2.85. The van der Waals surface area contributed by atoms with Crippen LogP contribution in [0.4, 0.5) is 10.5 Å². The Balaban J connectivity index is 2.11. The Morgan fingerprint density at radius 2 is 1.96 bits per heavy atom. The molecule has 0 spiro atoms. The van der Waals surface area contributed by atoms with E-state index >= 15 is 0 Å². The first-order chi connectivity index (χ1) is 11.7. The second kappa shape index (κ2) is 8.93. The molecule has 2 aromatic carbocycles. The molecule has 0 aromatic heterocycles. The van der Waals surface area contributed by atoms with E-state index in [-0.39, 0.29) is 18.7 Å². The van der Waals surface area contributed by atoms with Crippen LogP contribution in [0, 0.1) is 0 Å². The second-order valence-electron chi connectivity index (χ2n) is 5.58. The topological polar surface area (TPSA) is 70.6 Å². The molecule has 0 aliphatic carbocycles. The number of aliphatic hydroxyl groups excluding tert-OH is 1. The maximum atomic E-state index is 12.0. The number of hydrogen-bond acceptors (Lipinski definition) is 3. The number of carbonyl (C=O) groups is 1. The summed E-state index contributed by atoms with van der Waals surface area (Å²) in [6.45, 7) is 1.83. The van der Waals surface area contributed by atoms with Gasteiger partial charge in [0.2, 0.25) is 0 Å². The minimum absolute atomic E-state index is 0.0776. The Morgan fingerprint density at radius 1 is 1.21 bits per heavy atom. The van der Waals surface area contributed by atoms with Crippen molar-refractivity contribution in [1.29, 1.82) is 0 Å². The monoisotopic (exact) mass is 328 g/mol. The van der Waals surface area contributed by atoms with Crippen LogP contribution in [0.5, 0.6) is 5.75 Å². The second-order valence-corrected chi connectivity index (χ2v) is 5.58. The summed E-state index contributed by atoms with van der Waals surface area (Å²) in [7, 11) is 1.64. The number of hydrogen-bond donors (Lipinski definition) is 3. The fourth-order valence-corrected chi connectivity index (χ4v) is 2.44. The van der Waals surface area contributed by atoms with Gasteiger partial charge in [-0.2, -0.15) is 0 Å². The van der Waals surface area contributed by atoms with Crippen LogP contribution in [-0.2, 0) is 6.42 Å². The number of nitrogens with one attached hydrogen (secondary N) is 2. The summed E-state index contributed by atoms with van der Waals surface area (Å²) in [5, 5.41) is 14.7. The highest BCUT2D eigenvalue weighted by molar-refractivity contribution is 5.89. The number of amides is 2. The van der Waals surface area contributed by atoms with E-state index in [9.17, 15) is 4.79 Å². The van der Waals surface area contributed by atoms with Gasteiger partial charge in [0.15, 0.2) is 0 Å². The first-order valence-electron chi connectivity index (χ1n) is 8.05. The standard InChI is InChI=1S/C19H24N2O3/c1-3-16(13-22)20-19(23)21-17-9-10-18(24-2)15(12-17)11-14-7-5-4-6-8-14/h4-10,12,16,22H,3,11,13H2,1-2H3,(H2,20,21,23). The molecule has 5 nitrogen and oxygen atoms in total. The largest absolute Gasteiger partial charge is 0.496 e. The molecule has 2 amide bonds. The maximum Gasteiger partial charge on any atom is 0.319 e. The number of methoxy groups -OCH3 is 1. The minimum Gasteiger partial charge on any atom is -0.496 e. The molecule has 0 saturated carbocycles. The van der Waals surface area contributed by atoms with Crippen molar-refractivity contribution < 1.29 is 14.6 Å². The van der Waals surface area contributed by atoms with Crippen molar-refractivity contribution in [3.05, 3.63) is 59.7 Å². The van der Waals surface area contributed by atoms with Crippen molar-refractivity contribution in [3.63, 3.8) is 0 Å². The first kappa shape index (κ1) is 17.8. The predicted molar refractivity (Wildman–Crippen MR) is 95.6 cm³/mol. The van der Waals surface area contributed by atoms with Gasteiger partial charge in [-0.25, -0.2) is 4.79 Å². The van der Waals surface area contributed by atoms with Gasteiger partial charge in [0.25, 0.3) is 0 Å². The molecular formula is C19H24N2O3. The Kier molecular flexibility index (Phi) is 6.63. The van der Waals surface area contributed by atoms with Crippen molar-refractivity contribution in [1.82, 2.24) is 5.32 Å². The van der Waals surface area contributed by atoms with Crippen LogP contribution in [0.2, 0.25) is 0 Å². The van der Waals surface area contributed by atoms with E-state index in [0.717, 1.165) is 17.7 Å². The molecule has 0 fully saturated rings. The van der Waals surface area contributed by atoms with Crippen LogP contribution in [-0.4, -0.2) is 30.9 Å². The fourth-order valence-electron chi connectivity index (χ4n) is 2.44. The summed E-state index contributed by atoms with van der Waals surface area (Å²) < 4.78 is 5.42. The molecule has 3 N–H and O–H groups in total. The van der Waals surface area contributed by atoms with Gasteiger partial charge in [-0.3, -0.25) is 0 Å². The zero-order chi connectivity index (χ0) is 17.4. The highest BCUT2D eigenvalue weighted by Crippen LogP contribution is 2.25. The van der Waals surface area contributed by atoms with Crippen molar-refractivity contribution in [3.8, 4) is 5.75 Å². The number of ether oxygens (including phenoxy) is 1. The summed E-state index contributed by atoms with van der Waals surface area (Å²) in [5.74, 6) is 0.784. The molecule has 0 heterocycles. The molecule has 0 saturated heterocycles. The molecular weight excluding hydrogens is 304 g/mol. The van der Waals surface area contributed by atoms with Gasteiger partial charge in [-0.05, 0) is 30.2 Å². The number of aliphatic hydroxyl groups is 1. The summed E-state index contributed by atoms with van der Waals surface area (Å²) in [6.07, 6.45) is 1.39. The van der Waals surface area contributed by atoms with Gasteiger partial charge in [-0.15, -0.1) is 0 Å². The van der Waals surface area contributed by atoms with Crippen molar-refractivity contribution in [2.24, 2.45) is 0 Å². The van der Waals surface area contributed by atoms with Gasteiger partial charge in [0.05, 0.1) is 19.8 Å². The van der Waals surface area contributed by atoms with Gasteiger partial charge in [0, 0.05) is 17.7 Å². The molecule has 24 heavy (non-hydrogen) atoms. The van der Waals surface area contributed by atoms with Crippen molar-refractivity contribution in [2.75, 3.05) is 19.0 Å². The van der Waals surface area contributed by atoms with E-state index in [1.165, 1.54) is 5.56 Å². The molecule has 0 bridgehead atoms. The third-order valence-electron chi connectivity index (χ3n) is 3.82. The highest BCUT2D eigenvalue weighted by atomic mass is 16.5. The average molecular weight is 328 g/mol. The lowest BCUT2D eigenvalue weighted by Crippen LogP contribution is -2.39. The van der Waals surface area contributed by atoms with E-state index < -0.39 is 0 Å². The quantitative estimate of drug-likeness (QED) is 0.731. The van der Waals surface area contributed by atoms with Crippen LogP contribution >= 0.6 is 0 Å². The van der Waals surface area contributed by atoms with Gasteiger partial charge >= 0.3 is 6.03 Å². The van der Waals surface area contributed by atoms with E-state index in [1.54, 1.807) is 13.2 Å². The van der Waals surface area contributed by atoms with Crippen molar-refractivity contribution in [2.45, 2.75) is 25.8 Å². The molecule has 2 aromatic rings. The molecule has 1 unspecified atom stereocenters. The molecule has 2 rings (SSSR count).